The summed E-state index contributed by atoms with van der Waals surface area (Å²) in [6.45, 7) is 1.85. The van der Waals surface area contributed by atoms with Crippen molar-refractivity contribution in [1.82, 2.24) is 4.98 Å². The summed E-state index contributed by atoms with van der Waals surface area (Å²) < 4.78 is 5.22. The van der Waals surface area contributed by atoms with Gasteiger partial charge in [0.2, 0.25) is 5.91 Å². The number of aryl methyl sites for hydroxylation is 1. The van der Waals surface area contributed by atoms with Crippen molar-refractivity contribution in [1.29, 1.82) is 0 Å². The second kappa shape index (κ2) is 6.06. The molecule has 5 nitrogen and oxygen atoms in total. The molecule has 0 atom stereocenters. The molecular formula is C15H17N3O2. The van der Waals surface area contributed by atoms with E-state index in [-0.39, 0.29) is 12.3 Å². The number of benzene rings is 1. The minimum absolute atomic E-state index is 0.144. The summed E-state index contributed by atoms with van der Waals surface area (Å²) in [4.78, 5) is 16.2. The monoisotopic (exact) mass is 271 g/mol. The molecule has 2 rings (SSSR count). The molecule has 0 saturated heterocycles. The summed E-state index contributed by atoms with van der Waals surface area (Å²) in [6.07, 6.45) is 1.75. The number of aromatic nitrogens is 1. The maximum atomic E-state index is 12.0. The third-order valence-corrected chi connectivity index (χ3v) is 2.90. The lowest BCUT2D eigenvalue weighted by molar-refractivity contribution is -0.115. The molecule has 1 aromatic heterocycles. The van der Waals surface area contributed by atoms with Gasteiger partial charge in [-0.05, 0) is 24.6 Å². The number of carbonyl (C=O) groups excluding carboxylic acids is 1. The van der Waals surface area contributed by atoms with Gasteiger partial charge in [0.1, 0.15) is 11.6 Å². The number of para-hydroxylation sites is 1. The minimum atomic E-state index is -0.144. The Morgan fingerprint density at radius 1 is 1.40 bits per heavy atom. The standard InChI is InChI=1S/C15H17N3O2/c1-10-7-12(16)9-17-15(10)18-14(19)8-11-5-3-4-6-13(11)20-2/h3-7,9H,8,16H2,1-2H3,(H,17,18,19). The molecule has 0 aliphatic heterocycles. The van der Waals surface area contributed by atoms with Gasteiger partial charge in [-0.1, -0.05) is 18.2 Å². The zero-order chi connectivity index (χ0) is 14.5. The fourth-order valence-electron chi connectivity index (χ4n) is 1.93. The molecule has 0 bridgehead atoms. The zero-order valence-electron chi connectivity index (χ0n) is 11.5. The fraction of sp³-hybridized carbons (Fsp3) is 0.200. The molecule has 0 aliphatic rings. The van der Waals surface area contributed by atoms with E-state index in [1.54, 1.807) is 13.2 Å². The van der Waals surface area contributed by atoms with E-state index in [1.165, 1.54) is 6.20 Å². The van der Waals surface area contributed by atoms with Crippen LogP contribution in [0.4, 0.5) is 11.5 Å². The SMILES string of the molecule is COc1ccccc1CC(=O)Nc1ncc(N)cc1C. The fourth-order valence-corrected chi connectivity index (χ4v) is 1.93. The average Bonchev–Trinajstić information content (AvgIpc) is 2.42. The molecule has 0 fully saturated rings. The smallest absolute Gasteiger partial charge is 0.230 e. The van der Waals surface area contributed by atoms with E-state index in [2.05, 4.69) is 10.3 Å². The molecule has 0 radical (unpaired) electrons. The van der Waals surface area contributed by atoms with Crippen LogP contribution in [0.5, 0.6) is 5.75 Å². The maximum absolute atomic E-state index is 12.0. The number of anilines is 2. The van der Waals surface area contributed by atoms with E-state index in [0.29, 0.717) is 17.3 Å². The number of nitrogens with two attached hydrogens (primary N) is 1. The number of rotatable bonds is 4. The van der Waals surface area contributed by atoms with Gasteiger partial charge in [0, 0.05) is 5.56 Å². The number of amides is 1. The van der Waals surface area contributed by atoms with Gasteiger partial charge in [-0.25, -0.2) is 4.98 Å². The first-order chi connectivity index (χ1) is 9.60. The van der Waals surface area contributed by atoms with Gasteiger partial charge in [0.25, 0.3) is 0 Å². The van der Waals surface area contributed by atoms with E-state index < -0.39 is 0 Å². The number of carbonyl (C=O) groups is 1. The molecule has 0 saturated carbocycles. The van der Waals surface area contributed by atoms with Crippen molar-refractivity contribution in [2.24, 2.45) is 0 Å². The van der Waals surface area contributed by atoms with Crippen molar-refractivity contribution in [3.63, 3.8) is 0 Å². The van der Waals surface area contributed by atoms with Crippen LogP contribution in [0.15, 0.2) is 36.5 Å². The molecule has 1 heterocycles. The number of nitrogen functional groups attached to an aromatic ring is 1. The second-order valence-corrected chi connectivity index (χ2v) is 4.47. The molecule has 20 heavy (non-hydrogen) atoms. The second-order valence-electron chi connectivity index (χ2n) is 4.47. The lowest BCUT2D eigenvalue weighted by Gasteiger charge is -2.10. The molecule has 0 unspecified atom stereocenters. The first-order valence-electron chi connectivity index (χ1n) is 6.24. The zero-order valence-corrected chi connectivity index (χ0v) is 11.5. The average molecular weight is 271 g/mol. The summed E-state index contributed by atoms with van der Waals surface area (Å²) in [5.41, 5.74) is 7.87. The largest absolute Gasteiger partial charge is 0.496 e. The number of nitrogens with one attached hydrogen (secondary N) is 1. The Morgan fingerprint density at radius 3 is 2.85 bits per heavy atom. The van der Waals surface area contributed by atoms with E-state index in [4.69, 9.17) is 10.5 Å². The van der Waals surface area contributed by atoms with Crippen LogP contribution >= 0.6 is 0 Å². The van der Waals surface area contributed by atoms with Crippen molar-refractivity contribution >= 4 is 17.4 Å². The molecule has 5 heteroatoms. The van der Waals surface area contributed by atoms with Crippen molar-refractivity contribution in [3.05, 3.63) is 47.7 Å². The van der Waals surface area contributed by atoms with E-state index in [9.17, 15) is 4.79 Å². The quantitative estimate of drug-likeness (QED) is 0.893. The highest BCUT2D eigenvalue weighted by Gasteiger charge is 2.10. The number of hydrogen-bond acceptors (Lipinski definition) is 4. The molecule has 0 spiro atoms. The highest BCUT2D eigenvalue weighted by atomic mass is 16.5. The summed E-state index contributed by atoms with van der Waals surface area (Å²) in [6, 6.07) is 9.20. The normalized spacial score (nSPS) is 10.1. The van der Waals surface area contributed by atoms with Gasteiger partial charge < -0.3 is 15.8 Å². The predicted octanol–water partition coefficient (Wildman–Crippen LogP) is 2.16. The van der Waals surface area contributed by atoms with Crippen LogP contribution in [0.2, 0.25) is 0 Å². The van der Waals surface area contributed by atoms with Crippen molar-refractivity contribution in [2.45, 2.75) is 13.3 Å². The van der Waals surface area contributed by atoms with Crippen LogP contribution in [0.1, 0.15) is 11.1 Å². The first-order valence-corrected chi connectivity index (χ1v) is 6.24. The summed E-state index contributed by atoms with van der Waals surface area (Å²) in [7, 11) is 1.59. The third kappa shape index (κ3) is 3.26. The Kier molecular flexibility index (Phi) is 4.20. The molecule has 1 amide bonds. The highest BCUT2D eigenvalue weighted by molar-refractivity contribution is 5.92. The van der Waals surface area contributed by atoms with Crippen molar-refractivity contribution in [3.8, 4) is 5.75 Å². The Labute approximate surface area is 117 Å². The van der Waals surface area contributed by atoms with Crippen LogP contribution in [-0.4, -0.2) is 18.0 Å². The van der Waals surface area contributed by atoms with Crippen LogP contribution in [0.3, 0.4) is 0 Å². The number of nitrogens with zero attached hydrogens (tertiary/aromatic N) is 1. The molecule has 2 aromatic rings. The van der Waals surface area contributed by atoms with Crippen LogP contribution in [-0.2, 0) is 11.2 Å². The number of pyridine rings is 1. The van der Waals surface area contributed by atoms with Crippen molar-refractivity contribution < 1.29 is 9.53 Å². The third-order valence-electron chi connectivity index (χ3n) is 2.90. The van der Waals surface area contributed by atoms with Gasteiger partial charge in [0.05, 0.1) is 25.4 Å². The van der Waals surface area contributed by atoms with Gasteiger partial charge in [-0.15, -0.1) is 0 Å². The van der Waals surface area contributed by atoms with Gasteiger partial charge >= 0.3 is 0 Å². The Bertz CT molecular complexity index is 626. The lowest BCUT2D eigenvalue weighted by atomic mass is 10.1. The van der Waals surface area contributed by atoms with E-state index in [0.717, 1.165) is 11.1 Å². The van der Waals surface area contributed by atoms with Crippen LogP contribution in [0.25, 0.3) is 0 Å². The topological polar surface area (TPSA) is 77.2 Å². The van der Waals surface area contributed by atoms with Crippen molar-refractivity contribution in [2.75, 3.05) is 18.2 Å². The molecular weight excluding hydrogens is 254 g/mol. The lowest BCUT2D eigenvalue weighted by Crippen LogP contribution is -2.16. The predicted molar refractivity (Wildman–Crippen MR) is 78.7 cm³/mol. The molecule has 1 aromatic carbocycles. The van der Waals surface area contributed by atoms with Gasteiger partial charge in [-0.3, -0.25) is 4.79 Å². The van der Waals surface area contributed by atoms with Crippen LogP contribution in [0, 0.1) is 6.92 Å². The van der Waals surface area contributed by atoms with E-state index in [1.807, 2.05) is 31.2 Å². The Hall–Kier alpha value is -2.56. The summed E-state index contributed by atoms with van der Waals surface area (Å²) in [5, 5.41) is 2.78. The summed E-state index contributed by atoms with van der Waals surface area (Å²) in [5.74, 6) is 1.08. The molecule has 3 N–H and O–H groups in total. The number of methoxy groups -OCH3 is 1. The maximum Gasteiger partial charge on any atom is 0.230 e. The summed E-state index contributed by atoms with van der Waals surface area (Å²) >= 11 is 0. The molecule has 104 valence electrons. The van der Waals surface area contributed by atoms with Gasteiger partial charge in [0.15, 0.2) is 0 Å². The van der Waals surface area contributed by atoms with E-state index >= 15 is 0 Å². The molecule has 0 aliphatic carbocycles. The Balaban J connectivity index is 2.09. The highest BCUT2D eigenvalue weighted by Crippen LogP contribution is 2.19. The first kappa shape index (κ1) is 13.9. The van der Waals surface area contributed by atoms with Crippen LogP contribution < -0.4 is 15.8 Å². The van der Waals surface area contributed by atoms with Gasteiger partial charge in [-0.2, -0.15) is 0 Å². The Morgan fingerprint density at radius 2 is 2.15 bits per heavy atom. The number of ether oxygens (including phenoxy) is 1. The minimum Gasteiger partial charge on any atom is -0.496 e. The number of hydrogen-bond donors (Lipinski definition) is 2.